The molecule has 0 bridgehead atoms. The van der Waals surface area contributed by atoms with Gasteiger partial charge in [-0.3, -0.25) is 0 Å². The number of rotatable bonds is 1. The van der Waals surface area contributed by atoms with Crippen molar-refractivity contribution in [2.75, 3.05) is 6.61 Å². The Morgan fingerprint density at radius 3 is 1.69 bits per heavy atom. The first-order chi connectivity index (χ1) is 15.2. The predicted molar refractivity (Wildman–Crippen MR) is 91.3 cm³/mol. The predicted octanol–water partition coefficient (Wildman–Crippen LogP) is 1.05. The van der Waals surface area contributed by atoms with E-state index in [-0.39, 0.29) is 24.4 Å². The van der Waals surface area contributed by atoms with Crippen molar-refractivity contribution in [3.63, 3.8) is 0 Å². The van der Waals surface area contributed by atoms with Gasteiger partial charge in [0.1, 0.15) is 0 Å². The zero-order valence-electron chi connectivity index (χ0n) is 17.8. The molecule has 4 rings (SSSR count). The minimum atomic E-state index is -0.778. The molecule has 11 nitrogen and oxygen atoms in total. The number of hydrogen-bond donors (Lipinski definition) is 0. The molecule has 0 amide bonds. The summed E-state index contributed by atoms with van der Waals surface area (Å²) in [7, 11) is 0. The van der Waals surface area contributed by atoms with Gasteiger partial charge < -0.3 is 0 Å². The quantitative estimate of drug-likeness (QED) is 0.395. The number of hydrogen-bond acceptors (Lipinski definition) is 6. The summed E-state index contributed by atoms with van der Waals surface area (Å²) in [5.41, 5.74) is 0. The molecular formula is C20H22CrO11. The second-order valence-corrected chi connectivity index (χ2v) is 7.97. The molecule has 0 aliphatic carbocycles. The Morgan fingerprint density at radius 1 is 0.750 bits per heavy atom. The van der Waals surface area contributed by atoms with E-state index < -0.39 is 17.4 Å². The van der Waals surface area contributed by atoms with E-state index in [1.807, 2.05) is 27.7 Å². The standard InChI is InChI=1S/C15H22O6.5CO.Cr/c1-13(2)17-8-9(18-13)10-11-12(21-14(3,4)19-11)15(20-10)6-5-7-16-15;5*1-2;/h9-12H,5-6,8H2,1-4H3;;;;;;/t9-,10-,11+,12+,15-;;;;;;/m1....../s1. The Kier molecular flexibility index (Phi) is 15.4. The minimum absolute atomic E-state index is 0.187. The van der Waals surface area contributed by atoms with Gasteiger partial charge in [-0.25, -0.2) is 0 Å². The van der Waals surface area contributed by atoms with E-state index in [2.05, 4.69) is 49.1 Å². The fraction of sp³-hybridized carbons (Fsp3) is 0.700. The Labute approximate surface area is 194 Å². The Morgan fingerprint density at radius 2 is 1.28 bits per heavy atom. The van der Waals surface area contributed by atoms with Crippen LogP contribution >= 0.6 is 0 Å². The maximum atomic E-state index is 7.50. The molecule has 0 saturated carbocycles. The molecule has 4 fully saturated rings. The van der Waals surface area contributed by atoms with Crippen molar-refractivity contribution >= 4 is 4.57 Å². The molecule has 4 aliphatic rings. The van der Waals surface area contributed by atoms with Crippen LogP contribution < -0.4 is 0 Å². The van der Waals surface area contributed by atoms with Crippen molar-refractivity contribution in [1.29, 1.82) is 0 Å². The molecule has 12 heteroatoms. The van der Waals surface area contributed by atoms with E-state index in [9.17, 15) is 0 Å². The first-order valence-electron chi connectivity index (χ1n) is 8.79. The molecule has 1 spiro atoms. The molecule has 4 saturated heterocycles. The fourth-order valence-electron chi connectivity index (χ4n) is 3.75. The third-order valence-electron chi connectivity index (χ3n) is 4.58. The molecule has 32 heavy (non-hydrogen) atoms. The third kappa shape index (κ3) is 7.72. The first-order valence-corrected chi connectivity index (χ1v) is 9.43. The van der Waals surface area contributed by atoms with Crippen molar-refractivity contribution in [3.05, 3.63) is 33.3 Å². The first kappa shape index (κ1) is 33.0. The summed E-state index contributed by atoms with van der Waals surface area (Å²) in [5, 5.41) is 0. The third-order valence-corrected chi connectivity index (χ3v) is 5.03. The van der Waals surface area contributed by atoms with Gasteiger partial charge in [0, 0.05) is 0 Å². The average molecular weight is 490 g/mol. The van der Waals surface area contributed by atoms with Crippen molar-refractivity contribution in [3.8, 4) is 0 Å². The van der Waals surface area contributed by atoms with Crippen molar-refractivity contribution < 1.29 is 67.5 Å². The average Bonchev–Trinajstić information content (AvgIpc) is 3.53. The molecule has 4 heterocycles. The van der Waals surface area contributed by atoms with Crippen LogP contribution in [-0.4, -0.2) is 53.0 Å². The van der Waals surface area contributed by atoms with Gasteiger partial charge in [0.15, 0.2) is 0 Å². The van der Waals surface area contributed by atoms with E-state index in [0.29, 0.717) is 6.61 Å². The van der Waals surface area contributed by atoms with E-state index >= 15 is 0 Å². The van der Waals surface area contributed by atoms with Crippen LogP contribution in [0.5, 0.6) is 0 Å². The van der Waals surface area contributed by atoms with Gasteiger partial charge in [-0.05, 0) is 0 Å². The summed E-state index contributed by atoms with van der Waals surface area (Å²) in [6, 6.07) is 0. The molecule has 0 radical (unpaired) electrons. The van der Waals surface area contributed by atoms with Crippen LogP contribution in [0.15, 0.2) is 0 Å². The molecular weight excluding hydrogens is 468 g/mol. The molecule has 174 valence electrons. The van der Waals surface area contributed by atoms with Crippen LogP contribution in [0.3, 0.4) is 0 Å². The van der Waals surface area contributed by atoms with Gasteiger partial charge in [-0.2, -0.15) is 0 Å². The van der Waals surface area contributed by atoms with Gasteiger partial charge in [-0.15, -0.1) is 0 Å². The van der Waals surface area contributed by atoms with Gasteiger partial charge in [0.25, 0.3) is 0 Å². The van der Waals surface area contributed by atoms with E-state index in [1.165, 1.54) is 0 Å². The topological polar surface area (TPSA) is 155 Å². The Hall–Kier alpha value is -1.14. The second-order valence-electron chi connectivity index (χ2n) is 7.26. The molecule has 0 aromatic rings. The summed E-state index contributed by atoms with van der Waals surface area (Å²) in [4.78, 5) is 0. The van der Waals surface area contributed by atoms with Crippen LogP contribution in [0.1, 0.15) is 40.5 Å². The molecule has 5 atom stereocenters. The normalized spacial score (nSPS) is 34.1. The number of ether oxygens (including phenoxy) is 6. The molecule has 4 aliphatic heterocycles. The summed E-state index contributed by atoms with van der Waals surface area (Å²) in [6.07, 6.45) is 0.651. The van der Waals surface area contributed by atoms with E-state index in [0.717, 1.165) is 17.4 Å². The van der Waals surface area contributed by atoms with Crippen LogP contribution in [0.2, 0.25) is 0 Å². The zero-order chi connectivity index (χ0) is 25.8. The van der Waals surface area contributed by atoms with Crippen LogP contribution in [0.4, 0.5) is 0 Å². The zero-order valence-corrected chi connectivity index (χ0v) is 19.1. The summed E-state index contributed by atoms with van der Waals surface area (Å²) < 4.78 is 74.5. The molecule has 0 aromatic heterocycles. The SMILES string of the molecule is CC1(C)OC[C@H]([C@H]2O[C@]3(CC[C](=[Cr])O3)[C@H]3OC(C)(C)O[C@@H]23)O1.[C-]#[O+].[C-]#[O+].[C-]#[O+].[C-]#[O+].[C-]#[O+]. The Balaban J connectivity index is 0. The molecule has 0 unspecified atom stereocenters. The van der Waals surface area contributed by atoms with E-state index in [4.69, 9.17) is 51.7 Å². The molecule has 0 N–H and O–H groups in total. The van der Waals surface area contributed by atoms with Crippen molar-refractivity contribution in [2.45, 2.75) is 82.3 Å². The van der Waals surface area contributed by atoms with E-state index in [1.54, 1.807) is 0 Å². The Bertz CT molecular complexity index is 674. The van der Waals surface area contributed by atoms with Crippen molar-refractivity contribution in [1.82, 2.24) is 0 Å². The number of fused-ring (bicyclic) bond motifs is 2. The maximum absolute atomic E-state index is 7.50. The van der Waals surface area contributed by atoms with Crippen molar-refractivity contribution in [2.24, 2.45) is 0 Å². The van der Waals surface area contributed by atoms with Crippen LogP contribution in [0.25, 0.3) is 0 Å². The molecule has 0 aromatic carbocycles. The van der Waals surface area contributed by atoms with Gasteiger partial charge in [0.05, 0.1) is 0 Å². The van der Waals surface area contributed by atoms with Crippen LogP contribution in [-0.2, 0) is 67.5 Å². The summed E-state index contributed by atoms with van der Waals surface area (Å²) in [6.45, 7) is 30.6. The fourth-order valence-corrected chi connectivity index (χ4v) is 4.13. The summed E-state index contributed by atoms with van der Waals surface area (Å²) >= 11 is 2.95. The van der Waals surface area contributed by atoms with Gasteiger partial charge in [0.2, 0.25) is 0 Å². The van der Waals surface area contributed by atoms with Gasteiger partial charge in [-0.1, -0.05) is 0 Å². The van der Waals surface area contributed by atoms with Crippen LogP contribution in [0, 0.1) is 33.3 Å². The monoisotopic (exact) mass is 490 g/mol. The summed E-state index contributed by atoms with van der Waals surface area (Å²) in [5.74, 6) is -2.02. The second kappa shape index (κ2) is 14.9. The van der Waals surface area contributed by atoms with Gasteiger partial charge >= 0.3 is 194 Å².